The Bertz CT molecular complexity index is 1750. The number of hydrogen-bond acceptors (Lipinski definition) is 3. The van der Waals surface area contributed by atoms with Crippen LogP contribution in [0.5, 0.6) is 5.75 Å². The first-order valence-corrected chi connectivity index (χ1v) is 18.4. The van der Waals surface area contributed by atoms with Crippen molar-refractivity contribution in [3.63, 3.8) is 0 Å². The Morgan fingerprint density at radius 3 is 1.77 bits per heavy atom. The summed E-state index contributed by atoms with van der Waals surface area (Å²) in [5.41, 5.74) is 5.14. The molecule has 5 heteroatoms. The highest BCUT2D eigenvalue weighted by atomic mass is 79.9. The summed E-state index contributed by atoms with van der Waals surface area (Å²) < 4.78 is 1.12. The highest BCUT2D eigenvalue weighted by Crippen LogP contribution is 2.26. The molecule has 2 N–H and O–H groups in total. The van der Waals surface area contributed by atoms with Crippen LogP contribution in [0.3, 0.4) is 0 Å². The van der Waals surface area contributed by atoms with Crippen LogP contribution in [-0.4, -0.2) is 19.5 Å². The molecule has 0 aliphatic rings. The largest absolute Gasteiger partial charge is 0.507 e. The molecule has 0 aromatic heterocycles. The maximum Gasteiger partial charge on any atom is 0.153 e. The molecule has 6 aromatic carbocycles. The van der Waals surface area contributed by atoms with Gasteiger partial charge in [0.1, 0.15) is 5.75 Å². The van der Waals surface area contributed by atoms with Gasteiger partial charge in [0, 0.05) is 15.8 Å². The number of anilines is 2. The Hall–Kier alpha value is -4.45. The molecule has 0 unspecified atom stereocenters. The molecule has 216 valence electrons. The number of hydrogen-bond donors (Lipinski definition) is 2. The van der Waals surface area contributed by atoms with E-state index in [0.717, 1.165) is 15.8 Å². The number of benzene rings is 6. The third-order valence-electron chi connectivity index (χ3n) is 6.79. The van der Waals surface area contributed by atoms with E-state index in [-0.39, 0.29) is 5.75 Å². The van der Waals surface area contributed by atoms with E-state index in [1.807, 2.05) is 24.3 Å². The summed E-state index contributed by atoms with van der Waals surface area (Å²) in [6.45, 7) is 7.10. The molecule has 0 atom stereocenters. The van der Waals surface area contributed by atoms with Crippen molar-refractivity contribution >= 4 is 57.6 Å². The van der Waals surface area contributed by atoms with Gasteiger partial charge in [-0.2, -0.15) is 0 Å². The van der Waals surface area contributed by atoms with Gasteiger partial charge in [-0.1, -0.05) is 132 Å². The zero-order valence-corrected chi connectivity index (χ0v) is 27.3. The molecule has 0 aliphatic heterocycles. The van der Waals surface area contributed by atoms with E-state index < -0.39 is 8.07 Å². The molecule has 0 aliphatic carbocycles. The van der Waals surface area contributed by atoms with Crippen molar-refractivity contribution in [2.24, 2.45) is 0 Å². The van der Waals surface area contributed by atoms with E-state index in [2.05, 4.69) is 138 Å². The van der Waals surface area contributed by atoms with Crippen LogP contribution >= 0.6 is 15.9 Å². The van der Waals surface area contributed by atoms with Crippen molar-refractivity contribution < 1.29 is 9.90 Å². The van der Waals surface area contributed by atoms with Crippen LogP contribution in [0, 0.1) is 0 Å². The fourth-order valence-electron chi connectivity index (χ4n) is 4.36. The summed E-state index contributed by atoms with van der Waals surface area (Å²) in [7, 11) is -1.18. The smallest absolute Gasteiger partial charge is 0.153 e. The molecule has 6 rings (SSSR count). The third kappa shape index (κ3) is 9.53. The van der Waals surface area contributed by atoms with Crippen molar-refractivity contribution in [2.45, 2.75) is 19.6 Å². The highest BCUT2D eigenvalue weighted by Gasteiger charge is 2.15. The molecule has 0 heterocycles. The van der Waals surface area contributed by atoms with Gasteiger partial charge in [-0.15, -0.1) is 0 Å². The number of aromatic hydroxyl groups is 1. The number of halogens is 1. The minimum Gasteiger partial charge on any atom is -0.507 e. The zero-order chi connectivity index (χ0) is 30.7. The number of nitrogens with one attached hydrogen (secondary N) is 1. The number of para-hydroxylation sites is 2. The molecular weight excluding hydrogens is 610 g/mol. The van der Waals surface area contributed by atoms with E-state index in [1.54, 1.807) is 18.2 Å². The van der Waals surface area contributed by atoms with Gasteiger partial charge in [-0.05, 0) is 76.5 Å². The second kappa shape index (κ2) is 15.1. The van der Waals surface area contributed by atoms with Crippen LogP contribution in [0.4, 0.5) is 11.4 Å². The molecular formula is C38H36BrNO2Si. The molecule has 0 amide bonds. The lowest BCUT2D eigenvalue weighted by atomic mass is 10.0. The summed E-state index contributed by atoms with van der Waals surface area (Å²) in [5.74, 6) is 0.0347. The summed E-state index contributed by atoms with van der Waals surface area (Å²) >= 11 is 3.50. The second-order valence-corrected chi connectivity index (χ2v) is 17.1. The highest BCUT2D eigenvalue weighted by molar-refractivity contribution is 9.10. The normalized spacial score (nSPS) is 10.5. The van der Waals surface area contributed by atoms with E-state index in [4.69, 9.17) is 5.11 Å². The lowest BCUT2D eigenvalue weighted by molar-refractivity contribution is 0.112. The molecule has 0 radical (unpaired) electrons. The van der Waals surface area contributed by atoms with Crippen molar-refractivity contribution in [3.8, 4) is 16.9 Å². The van der Waals surface area contributed by atoms with Crippen molar-refractivity contribution in [1.82, 2.24) is 0 Å². The predicted octanol–water partition coefficient (Wildman–Crippen LogP) is 10.4. The van der Waals surface area contributed by atoms with E-state index in [9.17, 15) is 4.79 Å². The first-order chi connectivity index (χ1) is 20.7. The number of carbonyl (C=O) groups is 1. The monoisotopic (exact) mass is 645 g/mol. The summed E-state index contributed by atoms with van der Waals surface area (Å²) in [5, 5.41) is 16.3. The number of rotatable bonds is 5. The standard InChI is InChI=1S/C16H11Br.C15H19NSi.C7H6O2/c17-16-9-8-14-10-13(6-7-15(14)11-16)12-4-2-1-3-5-12;1-17(2,3)15-11-9-14(10-12-15)16-13-7-5-4-6-8-13;8-5-6-3-1-2-4-7(6)9/h1-11H;4-12,16H,1-3H3;1-5,9H. The van der Waals surface area contributed by atoms with Crippen molar-refractivity contribution in [2.75, 3.05) is 5.32 Å². The molecule has 6 aromatic rings. The second-order valence-electron chi connectivity index (χ2n) is 11.1. The molecule has 0 fully saturated rings. The summed E-state index contributed by atoms with van der Waals surface area (Å²) in [6.07, 6.45) is 0.620. The number of aldehydes is 1. The van der Waals surface area contributed by atoms with Crippen LogP contribution in [0.1, 0.15) is 10.4 Å². The lowest BCUT2D eigenvalue weighted by Gasteiger charge is -2.17. The Kier molecular flexibility index (Phi) is 11.1. The van der Waals surface area contributed by atoms with E-state index in [0.29, 0.717) is 11.8 Å². The first-order valence-electron chi connectivity index (χ1n) is 14.1. The number of phenolic OH excluding ortho intramolecular Hbond substituents is 1. The maximum atomic E-state index is 10.1. The average molecular weight is 647 g/mol. The predicted molar refractivity (Wildman–Crippen MR) is 190 cm³/mol. The molecule has 43 heavy (non-hydrogen) atoms. The van der Waals surface area contributed by atoms with Gasteiger partial charge in [0.15, 0.2) is 6.29 Å². The molecule has 3 nitrogen and oxygen atoms in total. The Balaban J connectivity index is 0.000000155. The molecule has 0 bridgehead atoms. The van der Waals surface area contributed by atoms with Crippen LogP contribution in [-0.2, 0) is 0 Å². The van der Waals surface area contributed by atoms with Gasteiger partial charge in [-0.25, -0.2) is 0 Å². The fraction of sp³-hybridized carbons (Fsp3) is 0.0789. The van der Waals surface area contributed by atoms with Crippen molar-refractivity contribution in [1.29, 1.82) is 0 Å². The zero-order valence-electron chi connectivity index (χ0n) is 24.7. The Labute approximate surface area is 264 Å². The molecule has 0 spiro atoms. The first kappa shape index (κ1) is 31.5. The Morgan fingerprint density at radius 2 is 1.16 bits per heavy atom. The quantitative estimate of drug-likeness (QED) is 0.145. The molecule has 0 saturated carbocycles. The summed E-state index contributed by atoms with van der Waals surface area (Å²) in [6, 6.07) is 48.9. The third-order valence-corrected chi connectivity index (χ3v) is 9.35. The van der Waals surface area contributed by atoms with Crippen LogP contribution < -0.4 is 10.5 Å². The minimum absolute atomic E-state index is 0.0347. The van der Waals surface area contributed by atoms with Gasteiger partial charge in [0.2, 0.25) is 0 Å². The van der Waals surface area contributed by atoms with Gasteiger partial charge in [0.25, 0.3) is 0 Å². The van der Waals surface area contributed by atoms with E-state index in [1.165, 1.54) is 33.2 Å². The molecule has 0 saturated heterocycles. The van der Waals surface area contributed by atoms with Gasteiger partial charge in [0.05, 0.1) is 13.6 Å². The van der Waals surface area contributed by atoms with Gasteiger partial charge < -0.3 is 10.4 Å². The Morgan fingerprint density at radius 1 is 0.605 bits per heavy atom. The summed E-state index contributed by atoms with van der Waals surface area (Å²) in [4.78, 5) is 10.1. The van der Waals surface area contributed by atoms with Crippen LogP contribution in [0.15, 0.2) is 150 Å². The van der Waals surface area contributed by atoms with E-state index >= 15 is 0 Å². The lowest BCUT2D eigenvalue weighted by Crippen LogP contribution is -2.37. The van der Waals surface area contributed by atoms with Crippen LogP contribution in [0.25, 0.3) is 21.9 Å². The number of carbonyl (C=O) groups excluding carboxylic acids is 1. The number of fused-ring (bicyclic) bond motifs is 1. The van der Waals surface area contributed by atoms with Gasteiger partial charge >= 0.3 is 0 Å². The minimum atomic E-state index is -1.18. The van der Waals surface area contributed by atoms with Crippen LogP contribution in [0.2, 0.25) is 19.6 Å². The number of phenols is 1. The SMILES string of the molecule is Brc1ccc2cc(-c3ccccc3)ccc2c1.C[Si](C)(C)c1ccc(Nc2ccccc2)cc1.O=Cc1ccccc1O. The fourth-order valence-corrected chi connectivity index (χ4v) is 5.90. The topological polar surface area (TPSA) is 49.3 Å². The van der Waals surface area contributed by atoms with Crippen molar-refractivity contribution in [3.05, 3.63) is 156 Å². The van der Waals surface area contributed by atoms with Gasteiger partial charge in [-0.3, -0.25) is 4.79 Å². The average Bonchev–Trinajstić information content (AvgIpc) is 3.02. The maximum absolute atomic E-state index is 10.1.